The van der Waals surface area contributed by atoms with Crippen LogP contribution in [-0.4, -0.2) is 38.5 Å². The summed E-state index contributed by atoms with van der Waals surface area (Å²) in [6, 6.07) is 0. The van der Waals surface area contributed by atoms with E-state index >= 15 is 0 Å². The second-order valence-corrected chi connectivity index (χ2v) is 5.82. The Labute approximate surface area is 108 Å². The molecule has 4 rings (SSSR count). The molecule has 0 N–H and O–H groups in total. The van der Waals surface area contributed by atoms with Crippen molar-refractivity contribution in [3.63, 3.8) is 0 Å². The highest BCUT2D eigenvalue weighted by atomic mass is 32.2. The fraction of sp³-hybridized carbons (Fsp3) is 0.545. The van der Waals surface area contributed by atoms with E-state index in [1.165, 1.54) is 0 Å². The fourth-order valence-corrected chi connectivity index (χ4v) is 3.63. The standard InChI is InChI=1S/C11H13N5OS/c1-14-4-5-15-11(14)13-10-12-7-3-2-6-18-8(7)9(17)16(10)15/h2-6H2,1H3. The quantitative estimate of drug-likeness (QED) is 0.688. The van der Waals surface area contributed by atoms with Crippen LogP contribution in [0.5, 0.6) is 0 Å². The molecule has 0 aliphatic carbocycles. The SMILES string of the molecule is CN1CCn2c1nc1nc3c(c(=O)n12)SCCC3. The molecule has 94 valence electrons. The van der Waals surface area contributed by atoms with E-state index in [9.17, 15) is 4.79 Å². The topological polar surface area (TPSA) is 55.4 Å². The van der Waals surface area contributed by atoms with Crippen molar-refractivity contribution in [1.82, 2.24) is 19.2 Å². The summed E-state index contributed by atoms with van der Waals surface area (Å²) in [6.07, 6.45) is 1.99. The maximum absolute atomic E-state index is 12.5. The maximum atomic E-state index is 12.5. The number of thioether (sulfide) groups is 1. The van der Waals surface area contributed by atoms with E-state index in [0.29, 0.717) is 5.78 Å². The molecule has 0 saturated heterocycles. The first-order chi connectivity index (χ1) is 8.75. The summed E-state index contributed by atoms with van der Waals surface area (Å²) in [5.74, 6) is 2.39. The molecule has 0 fully saturated rings. The highest BCUT2D eigenvalue weighted by Gasteiger charge is 2.25. The second-order valence-electron chi connectivity index (χ2n) is 4.71. The van der Waals surface area contributed by atoms with E-state index in [-0.39, 0.29) is 5.56 Å². The molecule has 0 spiro atoms. The lowest BCUT2D eigenvalue weighted by molar-refractivity contribution is 0.614. The van der Waals surface area contributed by atoms with Crippen LogP contribution in [0.2, 0.25) is 0 Å². The van der Waals surface area contributed by atoms with Gasteiger partial charge in [0.2, 0.25) is 5.95 Å². The minimum Gasteiger partial charge on any atom is -0.342 e. The Bertz CT molecular complexity index is 704. The van der Waals surface area contributed by atoms with Crippen molar-refractivity contribution in [2.24, 2.45) is 0 Å². The van der Waals surface area contributed by atoms with Gasteiger partial charge in [0, 0.05) is 13.6 Å². The number of aromatic nitrogens is 4. The third-order valence-corrected chi connectivity index (χ3v) is 4.73. The Kier molecular flexibility index (Phi) is 2.03. The normalized spacial score (nSPS) is 18.2. The van der Waals surface area contributed by atoms with Crippen LogP contribution < -0.4 is 10.5 Å². The first-order valence-electron chi connectivity index (χ1n) is 6.12. The van der Waals surface area contributed by atoms with E-state index in [1.54, 1.807) is 16.3 Å². The minimum atomic E-state index is 0.0498. The van der Waals surface area contributed by atoms with Gasteiger partial charge in [0.05, 0.1) is 17.1 Å². The third-order valence-electron chi connectivity index (χ3n) is 3.54. The zero-order valence-electron chi connectivity index (χ0n) is 10.1. The van der Waals surface area contributed by atoms with Gasteiger partial charge in [0.25, 0.3) is 11.3 Å². The zero-order chi connectivity index (χ0) is 12.3. The molecule has 0 unspecified atom stereocenters. The Morgan fingerprint density at radius 2 is 2.17 bits per heavy atom. The van der Waals surface area contributed by atoms with Crippen molar-refractivity contribution in [2.75, 3.05) is 24.2 Å². The van der Waals surface area contributed by atoms with Crippen LogP contribution in [0.3, 0.4) is 0 Å². The molecule has 2 aromatic heterocycles. The summed E-state index contributed by atoms with van der Waals surface area (Å²) in [5, 5.41) is 0. The predicted octanol–water partition coefficient (Wildman–Crippen LogP) is 0.379. The third kappa shape index (κ3) is 1.22. The van der Waals surface area contributed by atoms with Crippen molar-refractivity contribution in [1.29, 1.82) is 0 Å². The molecular formula is C11H13N5OS. The lowest BCUT2D eigenvalue weighted by Crippen LogP contribution is -2.25. The number of hydrogen-bond acceptors (Lipinski definition) is 5. The molecule has 0 amide bonds. The summed E-state index contributed by atoms with van der Waals surface area (Å²) in [5.41, 5.74) is 0.976. The molecular weight excluding hydrogens is 250 g/mol. The lowest BCUT2D eigenvalue weighted by atomic mass is 10.2. The van der Waals surface area contributed by atoms with Gasteiger partial charge in [0.1, 0.15) is 0 Å². The van der Waals surface area contributed by atoms with Crippen LogP contribution in [0, 0.1) is 0 Å². The van der Waals surface area contributed by atoms with E-state index in [4.69, 9.17) is 0 Å². The van der Waals surface area contributed by atoms with Crippen LogP contribution in [0.25, 0.3) is 5.78 Å². The minimum absolute atomic E-state index is 0.0498. The van der Waals surface area contributed by atoms with Gasteiger partial charge in [-0.3, -0.25) is 4.79 Å². The van der Waals surface area contributed by atoms with Crippen molar-refractivity contribution < 1.29 is 0 Å². The van der Waals surface area contributed by atoms with Gasteiger partial charge < -0.3 is 4.90 Å². The monoisotopic (exact) mass is 263 g/mol. The number of fused-ring (bicyclic) bond motifs is 4. The largest absolute Gasteiger partial charge is 0.342 e. The molecule has 4 heterocycles. The molecule has 7 heteroatoms. The summed E-state index contributed by atoms with van der Waals surface area (Å²) >= 11 is 1.63. The fourth-order valence-electron chi connectivity index (χ4n) is 2.61. The van der Waals surface area contributed by atoms with Crippen molar-refractivity contribution >= 4 is 23.5 Å². The molecule has 0 bridgehead atoms. The van der Waals surface area contributed by atoms with Crippen LogP contribution in [0.15, 0.2) is 9.69 Å². The number of rotatable bonds is 0. The molecule has 0 atom stereocenters. The molecule has 2 aromatic rings. The summed E-state index contributed by atoms with van der Waals surface area (Å²) < 4.78 is 3.57. The smallest absolute Gasteiger partial charge is 0.288 e. The molecule has 18 heavy (non-hydrogen) atoms. The van der Waals surface area contributed by atoms with Gasteiger partial charge >= 0.3 is 0 Å². The van der Waals surface area contributed by atoms with Crippen LogP contribution in [0.4, 0.5) is 5.95 Å². The second kappa shape index (κ2) is 3.50. The molecule has 0 aromatic carbocycles. The van der Waals surface area contributed by atoms with Crippen molar-refractivity contribution in [2.45, 2.75) is 24.3 Å². The zero-order valence-corrected chi connectivity index (χ0v) is 10.9. The van der Waals surface area contributed by atoms with Crippen LogP contribution >= 0.6 is 11.8 Å². The summed E-state index contributed by atoms with van der Waals surface area (Å²) in [4.78, 5) is 24.4. The number of aryl methyl sites for hydroxylation is 1. The summed E-state index contributed by atoms with van der Waals surface area (Å²) in [6.45, 7) is 1.70. The number of hydrogen-bond donors (Lipinski definition) is 0. The van der Waals surface area contributed by atoms with Crippen LogP contribution in [-0.2, 0) is 13.0 Å². The summed E-state index contributed by atoms with van der Waals surface area (Å²) in [7, 11) is 1.99. The van der Waals surface area contributed by atoms with Gasteiger partial charge in [-0.1, -0.05) is 0 Å². The number of anilines is 1. The molecule has 0 saturated carbocycles. The van der Waals surface area contributed by atoms with E-state index in [2.05, 4.69) is 14.9 Å². The van der Waals surface area contributed by atoms with Crippen molar-refractivity contribution in [3.05, 3.63) is 16.0 Å². The maximum Gasteiger partial charge on any atom is 0.288 e. The Balaban J connectivity index is 2.09. The van der Waals surface area contributed by atoms with Gasteiger partial charge in [-0.05, 0) is 18.6 Å². The van der Waals surface area contributed by atoms with Crippen molar-refractivity contribution in [3.8, 4) is 0 Å². The Morgan fingerprint density at radius 3 is 3.06 bits per heavy atom. The molecule has 0 radical (unpaired) electrons. The van der Waals surface area contributed by atoms with Gasteiger partial charge in [-0.2, -0.15) is 9.50 Å². The van der Waals surface area contributed by atoms with Gasteiger partial charge in [-0.15, -0.1) is 11.8 Å². The molecule has 2 aliphatic heterocycles. The highest BCUT2D eigenvalue weighted by Crippen LogP contribution is 2.27. The van der Waals surface area contributed by atoms with E-state index in [0.717, 1.165) is 48.2 Å². The Morgan fingerprint density at radius 1 is 1.28 bits per heavy atom. The predicted molar refractivity (Wildman–Crippen MR) is 69.6 cm³/mol. The van der Waals surface area contributed by atoms with E-state index < -0.39 is 0 Å². The lowest BCUT2D eigenvalue weighted by Gasteiger charge is -2.13. The van der Waals surface area contributed by atoms with Crippen LogP contribution in [0.1, 0.15) is 12.1 Å². The average molecular weight is 263 g/mol. The number of nitrogens with zero attached hydrogens (tertiary/aromatic N) is 5. The average Bonchev–Trinajstić information content (AvgIpc) is 2.90. The van der Waals surface area contributed by atoms with E-state index in [1.807, 2.05) is 11.7 Å². The first kappa shape index (κ1) is 10.4. The Hall–Kier alpha value is -1.50. The molecule has 2 aliphatic rings. The van der Waals surface area contributed by atoms with Gasteiger partial charge in [0.15, 0.2) is 0 Å². The highest BCUT2D eigenvalue weighted by molar-refractivity contribution is 7.99. The van der Waals surface area contributed by atoms with Gasteiger partial charge in [-0.25, -0.2) is 9.67 Å². The molecule has 6 nitrogen and oxygen atoms in total. The first-order valence-corrected chi connectivity index (χ1v) is 7.10. The number of likely N-dealkylation sites (N-methyl/N-ethyl adjacent to an activating group) is 1.